The number of piperidine rings is 1. The predicted octanol–water partition coefficient (Wildman–Crippen LogP) is 2.94. The first-order chi connectivity index (χ1) is 9.22. The summed E-state index contributed by atoms with van der Waals surface area (Å²) in [5.41, 5.74) is 7.05. The lowest BCUT2D eigenvalue weighted by atomic mass is 9.92. The number of amides is 1. The molecular weight excluding hydrogens is 272 g/mol. The van der Waals surface area contributed by atoms with Crippen LogP contribution < -0.4 is 5.73 Å². The van der Waals surface area contributed by atoms with Crippen LogP contribution in [-0.2, 0) is 4.79 Å². The zero-order valence-electron chi connectivity index (χ0n) is 12.1. The highest BCUT2D eigenvalue weighted by molar-refractivity contribution is 5.85. The zero-order chi connectivity index (χ0) is 13.7. The Balaban J connectivity index is 0.00000200. The number of carbonyl (C=O) groups is 1. The average Bonchev–Trinajstić information content (AvgIpc) is 2.46. The second-order valence-corrected chi connectivity index (χ2v) is 5.41. The van der Waals surface area contributed by atoms with Crippen molar-refractivity contribution in [1.82, 2.24) is 4.90 Å². The molecule has 112 valence electrons. The van der Waals surface area contributed by atoms with Crippen LogP contribution in [0.5, 0.6) is 0 Å². The van der Waals surface area contributed by atoms with Gasteiger partial charge in [0.05, 0.1) is 5.92 Å². The van der Waals surface area contributed by atoms with Crippen LogP contribution in [0, 0.1) is 0 Å². The third-order valence-electron chi connectivity index (χ3n) is 3.93. The molecule has 1 fully saturated rings. The van der Waals surface area contributed by atoms with Crippen LogP contribution in [0.2, 0.25) is 0 Å². The van der Waals surface area contributed by atoms with E-state index in [4.69, 9.17) is 5.73 Å². The van der Waals surface area contributed by atoms with Gasteiger partial charge in [-0.15, -0.1) is 12.4 Å². The number of nitrogens with zero attached hydrogens (tertiary/aromatic N) is 1. The molecule has 1 aliphatic rings. The predicted molar refractivity (Wildman–Crippen MR) is 85.1 cm³/mol. The lowest BCUT2D eigenvalue weighted by Crippen LogP contribution is -2.44. The molecule has 0 radical (unpaired) electrons. The Kier molecular flexibility index (Phi) is 7.03. The number of likely N-dealkylation sites (tertiary alicyclic amines) is 1. The van der Waals surface area contributed by atoms with E-state index in [1.54, 1.807) is 0 Å². The molecular formula is C16H25ClN2O. The number of halogens is 1. The molecule has 1 heterocycles. The number of hydrogen-bond acceptors (Lipinski definition) is 2. The summed E-state index contributed by atoms with van der Waals surface area (Å²) >= 11 is 0. The van der Waals surface area contributed by atoms with E-state index in [0.717, 1.165) is 44.3 Å². The van der Waals surface area contributed by atoms with Crippen LogP contribution in [0.3, 0.4) is 0 Å². The second-order valence-electron chi connectivity index (χ2n) is 5.41. The molecule has 2 N–H and O–H groups in total. The van der Waals surface area contributed by atoms with Gasteiger partial charge in [-0.1, -0.05) is 43.7 Å². The van der Waals surface area contributed by atoms with Crippen LogP contribution in [0.4, 0.5) is 0 Å². The lowest BCUT2D eigenvalue weighted by Gasteiger charge is -2.33. The molecule has 0 bridgehead atoms. The highest BCUT2D eigenvalue weighted by Gasteiger charge is 2.27. The quantitative estimate of drug-likeness (QED) is 0.928. The topological polar surface area (TPSA) is 46.3 Å². The average molecular weight is 297 g/mol. The number of rotatable bonds is 4. The first-order valence-electron chi connectivity index (χ1n) is 7.31. The monoisotopic (exact) mass is 296 g/mol. The van der Waals surface area contributed by atoms with Gasteiger partial charge in [0.2, 0.25) is 5.91 Å². The summed E-state index contributed by atoms with van der Waals surface area (Å²) < 4.78 is 0. The first-order valence-corrected chi connectivity index (χ1v) is 7.31. The van der Waals surface area contributed by atoms with Crippen LogP contribution in [0.15, 0.2) is 30.3 Å². The van der Waals surface area contributed by atoms with E-state index >= 15 is 0 Å². The second kappa shape index (κ2) is 8.28. The van der Waals surface area contributed by atoms with Crippen molar-refractivity contribution in [3.05, 3.63) is 35.9 Å². The van der Waals surface area contributed by atoms with Gasteiger partial charge < -0.3 is 10.6 Å². The molecule has 1 saturated heterocycles. The Hall–Kier alpha value is -1.06. The molecule has 1 amide bonds. The van der Waals surface area contributed by atoms with Gasteiger partial charge in [0.1, 0.15) is 0 Å². The van der Waals surface area contributed by atoms with Crippen molar-refractivity contribution in [3.63, 3.8) is 0 Å². The SMILES string of the molecule is CCCC(C(=O)N1CCC(N)CC1)c1ccccc1.Cl. The van der Waals surface area contributed by atoms with Gasteiger partial charge in [-0.25, -0.2) is 0 Å². The van der Waals surface area contributed by atoms with Gasteiger partial charge in [-0.2, -0.15) is 0 Å². The van der Waals surface area contributed by atoms with Gasteiger partial charge in [0, 0.05) is 19.1 Å². The fourth-order valence-electron chi connectivity index (χ4n) is 2.75. The van der Waals surface area contributed by atoms with Crippen LogP contribution in [0.1, 0.15) is 44.1 Å². The number of benzene rings is 1. The Morgan fingerprint density at radius 3 is 2.45 bits per heavy atom. The Labute approximate surface area is 127 Å². The maximum Gasteiger partial charge on any atom is 0.230 e. The van der Waals surface area contributed by atoms with Crippen molar-refractivity contribution >= 4 is 18.3 Å². The number of nitrogens with two attached hydrogens (primary N) is 1. The molecule has 0 aliphatic carbocycles. The van der Waals surface area contributed by atoms with Crippen LogP contribution >= 0.6 is 12.4 Å². The Morgan fingerprint density at radius 2 is 1.90 bits per heavy atom. The normalized spacial score (nSPS) is 17.4. The summed E-state index contributed by atoms with van der Waals surface area (Å²) in [5, 5.41) is 0. The highest BCUT2D eigenvalue weighted by Crippen LogP contribution is 2.25. The van der Waals surface area contributed by atoms with Crippen molar-refractivity contribution in [2.45, 2.75) is 44.6 Å². The molecule has 1 aliphatic heterocycles. The molecule has 0 saturated carbocycles. The summed E-state index contributed by atoms with van der Waals surface area (Å²) in [6.45, 7) is 3.76. The van der Waals surface area contributed by atoms with Crippen LogP contribution in [0.25, 0.3) is 0 Å². The van der Waals surface area contributed by atoms with Gasteiger partial charge in [0.25, 0.3) is 0 Å². The first kappa shape index (κ1) is 17.0. The van der Waals surface area contributed by atoms with Gasteiger partial charge in [-0.05, 0) is 24.8 Å². The minimum atomic E-state index is 0. The maximum atomic E-state index is 12.7. The Morgan fingerprint density at radius 1 is 1.30 bits per heavy atom. The number of hydrogen-bond donors (Lipinski definition) is 1. The molecule has 1 aromatic carbocycles. The minimum Gasteiger partial charge on any atom is -0.342 e. The molecule has 0 spiro atoms. The summed E-state index contributed by atoms with van der Waals surface area (Å²) in [5.74, 6) is 0.292. The minimum absolute atomic E-state index is 0. The molecule has 20 heavy (non-hydrogen) atoms. The molecule has 1 aromatic rings. The van der Waals surface area contributed by atoms with E-state index in [1.165, 1.54) is 0 Å². The van der Waals surface area contributed by atoms with Crippen molar-refractivity contribution in [2.24, 2.45) is 5.73 Å². The fraction of sp³-hybridized carbons (Fsp3) is 0.562. The molecule has 2 rings (SSSR count). The summed E-state index contributed by atoms with van der Waals surface area (Å²) in [7, 11) is 0. The summed E-state index contributed by atoms with van der Waals surface area (Å²) in [4.78, 5) is 14.7. The molecule has 1 atom stereocenters. The van der Waals surface area contributed by atoms with Crippen molar-refractivity contribution in [3.8, 4) is 0 Å². The highest BCUT2D eigenvalue weighted by atomic mass is 35.5. The zero-order valence-corrected chi connectivity index (χ0v) is 12.9. The van der Waals surface area contributed by atoms with Crippen molar-refractivity contribution < 1.29 is 4.79 Å². The molecule has 0 aromatic heterocycles. The standard InChI is InChI=1S/C16H24N2O.ClH/c1-2-6-15(13-7-4-3-5-8-13)16(19)18-11-9-14(17)10-12-18;/h3-5,7-8,14-15H,2,6,9-12,17H2,1H3;1H. The smallest absolute Gasteiger partial charge is 0.230 e. The van der Waals surface area contributed by atoms with Gasteiger partial charge >= 0.3 is 0 Å². The van der Waals surface area contributed by atoms with Crippen LogP contribution in [-0.4, -0.2) is 29.9 Å². The number of carbonyl (C=O) groups excluding carboxylic acids is 1. The van der Waals surface area contributed by atoms with E-state index in [2.05, 4.69) is 19.1 Å². The largest absolute Gasteiger partial charge is 0.342 e. The Bertz CT molecular complexity index is 402. The third kappa shape index (κ3) is 4.22. The summed E-state index contributed by atoms with van der Waals surface area (Å²) in [6, 6.07) is 10.4. The van der Waals surface area contributed by atoms with Gasteiger partial charge in [-0.3, -0.25) is 4.79 Å². The van der Waals surface area contributed by atoms with E-state index < -0.39 is 0 Å². The van der Waals surface area contributed by atoms with Crippen molar-refractivity contribution in [1.29, 1.82) is 0 Å². The fourth-order valence-corrected chi connectivity index (χ4v) is 2.75. The third-order valence-corrected chi connectivity index (χ3v) is 3.93. The van der Waals surface area contributed by atoms with Gasteiger partial charge in [0.15, 0.2) is 0 Å². The van der Waals surface area contributed by atoms with E-state index in [-0.39, 0.29) is 30.3 Å². The van der Waals surface area contributed by atoms with E-state index in [1.807, 2.05) is 23.1 Å². The molecule has 3 nitrogen and oxygen atoms in total. The molecule has 1 unspecified atom stereocenters. The van der Waals surface area contributed by atoms with E-state index in [9.17, 15) is 4.79 Å². The van der Waals surface area contributed by atoms with Crippen molar-refractivity contribution in [2.75, 3.05) is 13.1 Å². The summed E-state index contributed by atoms with van der Waals surface area (Å²) in [6.07, 6.45) is 3.81. The lowest BCUT2D eigenvalue weighted by molar-refractivity contribution is -0.134. The molecule has 4 heteroatoms. The van der Waals surface area contributed by atoms with E-state index in [0.29, 0.717) is 0 Å². The maximum absolute atomic E-state index is 12.7.